The van der Waals surface area contributed by atoms with Crippen LogP contribution in [0.5, 0.6) is 0 Å². The van der Waals surface area contributed by atoms with Crippen LogP contribution in [0.1, 0.15) is 50.0 Å². The monoisotopic (exact) mass is 302 g/mol. The first-order valence-corrected chi connectivity index (χ1v) is 7.31. The van der Waals surface area contributed by atoms with E-state index in [1.165, 1.54) is 7.11 Å². The van der Waals surface area contributed by atoms with Crippen molar-refractivity contribution in [1.29, 1.82) is 0 Å². The van der Waals surface area contributed by atoms with E-state index in [4.69, 9.17) is 9.47 Å². The summed E-state index contributed by atoms with van der Waals surface area (Å²) in [6, 6.07) is 5.89. The molecule has 0 saturated carbocycles. The van der Waals surface area contributed by atoms with E-state index in [2.05, 4.69) is 20.4 Å². The number of carbonyl (C=O) groups excluding carboxylic acids is 2. The fraction of sp³-hybridized carbons (Fsp3) is 0.444. The minimum atomic E-state index is -0.382. The van der Waals surface area contributed by atoms with Crippen molar-refractivity contribution in [2.75, 3.05) is 7.11 Å². The predicted octanol–water partition coefficient (Wildman–Crippen LogP) is 3.24. The minimum Gasteiger partial charge on any atom is -0.469 e. The average Bonchev–Trinajstić information content (AvgIpc) is 2.69. The summed E-state index contributed by atoms with van der Waals surface area (Å²) < 4.78 is 10.3. The highest BCUT2D eigenvalue weighted by Gasteiger charge is 2.39. The highest BCUT2D eigenvalue weighted by atomic mass is 16.5. The molecule has 4 heteroatoms. The highest BCUT2D eigenvalue weighted by Crippen LogP contribution is 2.46. The third-order valence-electron chi connectivity index (χ3n) is 4.06. The van der Waals surface area contributed by atoms with Crippen molar-refractivity contribution in [2.45, 2.75) is 45.1 Å². The van der Waals surface area contributed by atoms with Gasteiger partial charge in [0.05, 0.1) is 13.5 Å². The molecule has 1 aromatic rings. The van der Waals surface area contributed by atoms with Crippen molar-refractivity contribution < 1.29 is 19.1 Å². The van der Waals surface area contributed by atoms with Crippen molar-refractivity contribution >= 4 is 11.9 Å². The lowest BCUT2D eigenvalue weighted by molar-refractivity contribution is -0.145. The molecule has 0 bridgehead atoms. The topological polar surface area (TPSA) is 52.6 Å². The summed E-state index contributed by atoms with van der Waals surface area (Å²) in [6.07, 6.45) is 0.640. The van der Waals surface area contributed by atoms with Crippen LogP contribution in [0.15, 0.2) is 30.4 Å². The van der Waals surface area contributed by atoms with Crippen LogP contribution >= 0.6 is 0 Å². The minimum absolute atomic E-state index is 0.0703. The lowest BCUT2D eigenvalue weighted by atomic mass is 9.86. The van der Waals surface area contributed by atoms with Gasteiger partial charge in [-0.1, -0.05) is 38.6 Å². The molecule has 0 fully saturated rings. The Hall–Kier alpha value is -2.10. The zero-order valence-electron chi connectivity index (χ0n) is 13.6. The number of hydrogen-bond acceptors (Lipinski definition) is 4. The van der Waals surface area contributed by atoms with E-state index in [1.807, 2.05) is 18.2 Å². The lowest BCUT2D eigenvalue weighted by Gasteiger charge is -2.19. The largest absolute Gasteiger partial charge is 0.469 e. The van der Waals surface area contributed by atoms with Gasteiger partial charge in [0.1, 0.15) is 6.10 Å². The summed E-state index contributed by atoms with van der Waals surface area (Å²) >= 11 is 0. The average molecular weight is 302 g/mol. The molecule has 0 N–H and O–H groups in total. The van der Waals surface area contributed by atoms with E-state index in [0.717, 1.165) is 23.1 Å². The Morgan fingerprint density at radius 3 is 2.64 bits per heavy atom. The van der Waals surface area contributed by atoms with Crippen LogP contribution in [0.4, 0.5) is 0 Å². The number of hydrogen-bond donors (Lipinski definition) is 0. The SMILES string of the molecule is C=C(C)C(=O)OC1CC(C)(C)c2ccc(CC(=O)OC)cc21. The van der Waals surface area contributed by atoms with Crippen LogP contribution in [0.25, 0.3) is 0 Å². The second kappa shape index (κ2) is 5.95. The summed E-state index contributed by atoms with van der Waals surface area (Å²) in [5.74, 6) is -0.667. The number of fused-ring (bicyclic) bond motifs is 1. The van der Waals surface area contributed by atoms with Crippen molar-refractivity contribution in [3.05, 3.63) is 47.0 Å². The molecule has 0 aliphatic heterocycles. The Morgan fingerprint density at radius 2 is 2.05 bits per heavy atom. The van der Waals surface area contributed by atoms with Gasteiger partial charge in [-0.05, 0) is 35.4 Å². The Labute approximate surface area is 131 Å². The zero-order chi connectivity index (χ0) is 16.5. The maximum absolute atomic E-state index is 11.8. The molecule has 1 aliphatic carbocycles. The van der Waals surface area contributed by atoms with Crippen molar-refractivity contribution in [3.63, 3.8) is 0 Å². The van der Waals surface area contributed by atoms with Gasteiger partial charge in [0.15, 0.2) is 0 Å². The number of carbonyl (C=O) groups is 2. The molecule has 1 unspecified atom stereocenters. The molecule has 22 heavy (non-hydrogen) atoms. The Morgan fingerprint density at radius 1 is 1.36 bits per heavy atom. The first kappa shape index (κ1) is 16.3. The second-order valence-electron chi connectivity index (χ2n) is 6.44. The van der Waals surface area contributed by atoms with Crippen molar-refractivity contribution in [3.8, 4) is 0 Å². The fourth-order valence-electron chi connectivity index (χ4n) is 2.86. The molecule has 0 aromatic heterocycles. The number of rotatable bonds is 4. The Bertz CT molecular complexity index is 628. The van der Waals surface area contributed by atoms with Crippen LogP contribution in [0, 0.1) is 0 Å². The van der Waals surface area contributed by atoms with Crippen LogP contribution in [-0.4, -0.2) is 19.0 Å². The quantitative estimate of drug-likeness (QED) is 0.633. The third-order valence-corrected chi connectivity index (χ3v) is 4.06. The van der Waals surface area contributed by atoms with Gasteiger partial charge in [-0.15, -0.1) is 0 Å². The Kier molecular flexibility index (Phi) is 4.40. The lowest BCUT2D eigenvalue weighted by Crippen LogP contribution is -2.14. The van der Waals surface area contributed by atoms with Crippen LogP contribution in [0.3, 0.4) is 0 Å². The van der Waals surface area contributed by atoms with E-state index >= 15 is 0 Å². The molecule has 0 heterocycles. The molecule has 1 atom stereocenters. The predicted molar refractivity (Wildman–Crippen MR) is 83.5 cm³/mol. The molecular weight excluding hydrogens is 280 g/mol. The summed E-state index contributed by atoms with van der Waals surface area (Å²) in [7, 11) is 1.37. The standard InChI is InChI=1S/C18H22O4/c1-11(2)17(20)22-15-10-18(3,4)14-7-6-12(8-13(14)15)9-16(19)21-5/h6-8,15H,1,9-10H2,2-5H3. The van der Waals surface area contributed by atoms with Crippen molar-refractivity contribution in [1.82, 2.24) is 0 Å². The molecule has 1 aliphatic rings. The summed E-state index contributed by atoms with van der Waals surface area (Å²) in [5, 5.41) is 0. The summed E-state index contributed by atoms with van der Waals surface area (Å²) in [4.78, 5) is 23.3. The molecule has 0 saturated heterocycles. The van der Waals surface area contributed by atoms with Gasteiger partial charge < -0.3 is 9.47 Å². The maximum Gasteiger partial charge on any atom is 0.333 e. The van der Waals surface area contributed by atoms with Crippen LogP contribution in [0.2, 0.25) is 0 Å². The Balaban J connectivity index is 2.32. The molecule has 0 spiro atoms. The van der Waals surface area contributed by atoms with Gasteiger partial charge in [-0.3, -0.25) is 4.79 Å². The molecule has 0 radical (unpaired) electrons. The van der Waals surface area contributed by atoms with E-state index in [-0.39, 0.29) is 29.9 Å². The summed E-state index contributed by atoms with van der Waals surface area (Å²) in [5.41, 5.74) is 3.30. The fourth-order valence-corrected chi connectivity index (χ4v) is 2.86. The van der Waals surface area contributed by atoms with E-state index in [0.29, 0.717) is 5.57 Å². The van der Waals surface area contributed by atoms with Gasteiger partial charge in [0, 0.05) is 5.57 Å². The molecule has 118 valence electrons. The van der Waals surface area contributed by atoms with Crippen LogP contribution < -0.4 is 0 Å². The highest BCUT2D eigenvalue weighted by molar-refractivity contribution is 5.87. The number of benzene rings is 1. The number of esters is 2. The van der Waals surface area contributed by atoms with Crippen molar-refractivity contribution in [2.24, 2.45) is 0 Å². The molecular formula is C18H22O4. The summed E-state index contributed by atoms with van der Waals surface area (Å²) in [6.45, 7) is 9.51. The van der Waals surface area contributed by atoms with E-state index < -0.39 is 0 Å². The van der Waals surface area contributed by atoms with Gasteiger partial charge in [0.25, 0.3) is 0 Å². The first-order chi connectivity index (χ1) is 10.2. The maximum atomic E-state index is 11.8. The smallest absolute Gasteiger partial charge is 0.333 e. The van der Waals surface area contributed by atoms with E-state index in [1.54, 1.807) is 6.92 Å². The molecule has 2 rings (SSSR count). The third kappa shape index (κ3) is 3.21. The van der Waals surface area contributed by atoms with Crippen LogP contribution in [-0.2, 0) is 30.9 Å². The van der Waals surface area contributed by atoms with Gasteiger partial charge in [-0.2, -0.15) is 0 Å². The van der Waals surface area contributed by atoms with Gasteiger partial charge in [-0.25, -0.2) is 4.79 Å². The molecule has 4 nitrogen and oxygen atoms in total. The number of methoxy groups -OCH3 is 1. The van der Waals surface area contributed by atoms with E-state index in [9.17, 15) is 9.59 Å². The molecule has 0 amide bonds. The van der Waals surface area contributed by atoms with Gasteiger partial charge in [0.2, 0.25) is 0 Å². The van der Waals surface area contributed by atoms with Gasteiger partial charge >= 0.3 is 11.9 Å². The molecule has 1 aromatic carbocycles. The first-order valence-electron chi connectivity index (χ1n) is 7.31. The normalized spacial score (nSPS) is 18.5. The number of ether oxygens (including phenoxy) is 2. The zero-order valence-corrected chi connectivity index (χ0v) is 13.6. The second-order valence-corrected chi connectivity index (χ2v) is 6.44.